The van der Waals surface area contributed by atoms with Gasteiger partial charge >= 0.3 is 6.18 Å². The molecule has 18 heavy (non-hydrogen) atoms. The number of ketones is 1. The molecular weight excluding hydrogens is 247 g/mol. The summed E-state index contributed by atoms with van der Waals surface area (Å²) in [6.07, 6.45) is -5.72. The van der Waals surface area contributed by atoms with Crippen LogP contribution in [0.4, 0.5) is 13.2 Å². The standard InChI is InChI=1S/C12H10F3NO2/c1-8(17)16-11(12(13,14)15)7-10(18)9-5-3-2-4-6-9/h2-6H,7H2,1H3. The van der Waals surface area contributed by atoms with Crippen molar-refractivity contribution in [1.82, 2.24) is 0 Å². The van der Waals surface area contributed by atoms with Gasteiger partial charge in [-0.2, -0.15) is 13.2 Å². The highest BCUT2D eigenvalue weighted by molar-refractivity contribution is 6.13. The Labute approximate surface area is 101 Å². The van der Waals surface area contributed by atoms with Gasteiger partial charge in [0.25, 0.3) is 0 Å². The molecule has 0 saturated heterocycles. The Kier molecular flexibility index (Phi) is 4.36. The Hall–Kier alpha value is -1.98. The van der Waals surface area contributed by atoms with Crippen LogP contribution in [-0.4, -0.2) is 23.6 Å². The number of Topliss-reactive ketones (excluding diaryl/α,β-unsaturated/α-hetero) is 1. The third-order valence-corrected chi connectivity index (χ3v) is 2.04. The molecular formula is C12H10F3NO2. The molecule has 0 bridgehead atoms. The van der Waals surface area contributed by atoms with Gasteiger partial charge in [0.1, 0.15) is 5.71 Å². The highest BCUT2D eigenvalue weighted by Crippen LogP contribution is 2.21. The minimum Gasteiger partial charge on any atom is -0.294 e. The summed E-state index contributed by atoms with van der Waals surface area (Å²) in [7, 11) is 0. The van der Waals surface area contributed by atoms with Crippen LogP contribution in [0.3, 0.4) is 0 Å². The van der Waals surface area contributed by atoms with Crippen molar-refractivity contribution in [2.75, 3.05) is 0 Å². The average molecular weight is 257 g/mol. The van der Waals surface area contributed by atoms with Gasteiger partial charge in [-0.3, -0.25) is 9.59 Å². The van der Waals surface area contributed by atoms with E-state index >= 15 is 0 Å². The first-order valence-corrected chi connectivity index (χ1v) is 5.04. The fourth-order valence-corrected chi connectivity index (χ4v) is 1.27. The van der Waals surface area contributed by atoms with Gasteiger partial charge in [0.15, 0.2) is 5.78 Å². The number of hydrogen-bond donors (Lipinski definition) is 0. The van der Waals surface area contributed by atoms with Crippen molar-refractivity contribution in [3.63, 3.8) is 0 Å². The Balaban J connectivity index is 2.93. The second-order valence-electron chi connectivity index (χ2n) is 3.54. The lowest BCUT2D eigenvalue weighted by Gasteiger charge is -2.09. The molecule has 0 aromatic heterocycles. The second-order valence-corrected chi connectivity index (χ2v) is 3.54. The van der Waals surface area contributed by atoms with E-state index in [4.69, 9.17) is 0 Å². The monoisotopic (exact) mass is 257 g/mol. The van der Waals surface area contributed by atoms with E-state index in [0.29, 0.717) is 0 Å². The van der Waals surface area contributed by atoms with E-state index in [1.807, 2.05) is 0 Å². The van der Waals surface area contributed by atoms with Crippen LogP contribution in [0.25, 0.3) is 0 Å². The highest BCUT2D eigenvalue weighted by atomic mass is 19.4. The van der Waals surface area contributed by atoms with Crippen molar-refractivity contribution in [3.05, 3.63) is 35.9 Å². The molecule has 3 nitrogen and oxygen atoms in total. The number of hydrogen-bond acceptors (Lipinski definition) is 2. The van der Waals surface area contributed by atoms with Crippen molar-refractivity contribution >= 4 is 17.4 Å². The zero-order valence-corrected chi connectivity index (χ0v) is 9.49. The molecule has 0 radical (unpaired) electrons. The normalized spacial score (nSPS) is 12.3. The fourth-order valence-electron chi connectivity index (χ4n) is 1.27. The molecule has 0 atom stereocenters. The minimum absolute atomic E-state index is 0.151. The molecule has 96 valence electrons. The number of benzene rings is 1. The summed E-state index contributed by atoms with van der Waals surface area (Å²) in [5, 5.41) is 0. The molecule has 0 fully saturated rings. The van der Waals surface area contributed by atoms with Gasteiger partial charge in [0.05, 0.1) is 6.42 Å². The summed E-state index contributed by atoms with van der Waals surface area (Å²) < 4.78 is 37.6. The molecule has 0 heterocycles. The Morgan fingerprint density at radius 1 is 1.17 bits per heavy atom. The molecule has 6 heteroatoms. The number of aliphatic imine (C=N–C) groups is 1. The number of amides is 1. The number of nitrogens with zero attached hydrogens (tertiary/aromatic N) is 1. The lowest BCUT2D eigenvalue weighted by Crippen LogP contribution is -2.26. The first-order valence-electron chi connectivity index (χ1n) is 5.04. The Morgan fingerprint density at radius 2 is 1.72 bits per heavy atom. The number of halogens is 3. The topological polar surface area (TPSA) is 46.5 Å². The van der Waals surface area contributed by atoms with Crippen LogP contribution in [0.1, 0.15) is 23.7 Å². The third kappa shape index (κ3) is 4.12. The van der Waals surface area contributed by atoms with Crippen LogP contribution in [0.5, 0.6) is 0 Å². The lowest BCUT2D eigenvalue weighted by molar-refractivity contribution is -0.116. The molecule has 1 aromatic rings. The smallest absolute Gasteiger partial charge is 0.294 e. The maximum absolute atomic E-state index is 12.5. The minimum atomic E-state index is -4.78. The number of carbonyl (C=O) groups is 2. The highest BCUT2D eigenvalue weighted by Gasteiger charge is 2.37. The summed E-state index contributed by atoms with van der Waals surface area (Å²) in [6.45, 7) is 0.902. The fraction of sp³-hybridized carbons (Fsp3) is 0.250. The first kappa shape index (κ1) is 14.1. The molecule has 0 N–H and O–H groups in total. The van der Waals surface area contributed by atoms with E-state index in [1.165, 1.54) is 12.1 Å². The van der Waals surface area contributed by atoms with Gasteiger partial charge in [0, 0.05) is 12.5 Å². The molecule has 0 saturated carbocycles. The summed E-state index contributed by atoms with van der Waals surface area (Å²) in [5.74, 6) is -1.71. The van der Waals surface area contributed by atoms with Gasteiger partial charge in [0.2, 0.25) is 5.91 Å². The van der Waals surface area contributed by atoms with Gasteiger partial charge in [-0.1, -0.05) is 30.3 Å². The van der Waals surface area contributed by atoms with Gasteiger partial charge in [-0.25, -0.2) is 4.99 Å². The van der Waals surface area contributed by atoms with E-state index in [1.54, 1.807) is 18.2 Å². The number of carbonyl (C=O) groups excluding carboxylic acids is 2. The zero-order chi connectivity index (χ0) is 13.8. The Bertz CT molecular complexity index is 478. The molecule has 0 unspecified atom stereocenters. The van der Waals surface area contributed by atoms with Crippen molar-refractivity contribution in [3.8, 4) is 0 Å². The van der Waals surface area contributed by atoms with Gasteiger partial charge in [-0.05, 0) is 0 Å². The first-order chi connectivity index (χ1) is 8.30. The van der Waals surface area contributed by atoms with Crippen molar-refractivity contribution in [2.45, 2.75) is 19.5 Å². The molecule has 0 aliphatic rings. The van der Waals surface area contributed by atoms with Crippen LogP contribution in [0, 0.1) is 0 Å². The molecule has 0 aliphatic carbocycles. The van der Waals surface area contributed by atoms with Crippen molar-refractivity contribution in [1.29, 1.82) is 0 Å². The van der Waals surface area contributed by atoms with Crippen molar-refractivity contribution in [2.24, 2.45) is 4.99 Å². The van der Waals surface area contributed by atoms with Gasteiger partial charge < -0.3 is 0 Å². The molecule has 0 spiro atoms. The second kappa shape index (κ2) is 5.57. The average Bonchev–Trinajstić information content (AvgIpc) is 2.27. The number of rotatable bonds is 3. The van der Waals surface area contributed by atoms with Crippen LogP contribution in [0.2, 0.25) is 0 Å². The van der Waals surface area contributed by atoms with E-state index in [9.17, 15) is 22.8 Å². The van der Waals surface area contributed by atoms with E-state index < -0.39 is 30.0 Å². The number of alkyl halides is 3. The summed E-state index contributed by atoms with van der Waals surface area (Å²) in [6, 6.07) is 7.55. The van der Waals surface area contributed by atoms with E-state index in [0.717, 1.165) is 6.92 Å². The van der Waals surface area contributed by atoms with E-state index in [2.05, 4.69) is 4.99 Å². The largest absolute Gasteiger partial charge is 0.430 e. The SMILES string of the molecule is CC(=O)N=C(CC(=O)c1ccccc1)C(F)(F)F. The van der Waals surface area contributed by atoms with E-state index in [-0.39, 0.29) is 5.56 Å². The lowest BCUT2D eigenvalue weighted by atomic mass is 10.1. The van der Waals surface area contributed by atoms with Gasteiger partial charge in [-0.15, -0.1) is 0 Å². The van der Waals surface area contributed by atoms with Crippen LogP contribution < -0.4 is 0 Å². The van der Waals surface area contributed by atoms with Crippen molar-refractivity contribution < 1.29 is 22.8 Å². The molecule has 0 aliphatic heterocycles. The van der Waals surface area contributed by atoms with Crippen LogP contribution in [-0.2, 0) is 4.79 Å². The molecule has 1 aromatic carbocycles. The maximum atomic E-state index is 12.5. The maximum Gasteiger partial charge on any atom is 0.430 e. The molecule has 1 amide bonds. The van der Waals surface area contributed by atoms with Crippen LogP contribution >= 0.6 is 0 Å². The molecule has 1 rings (SSSR count). The summed E-state index contributed by atoms with van der Waals surface area (Å²) >= 11 is 0. The predicted octanol–water partition coefficient (Wildman–Crippen LogP) is 2.81. The third-order valence-electron chi connectivity index (χ3n) is 2.04. The summed E-state index contributed by atoms with van der Waals surface area (Å²) in [5.41, 5.74) is -1.22. The zero-order valence-electron chi connectivity index (χ0n) is 9.49. The quantitative estimate of drug-likeness (QED) is 0.617. The predicted molar refractivity (Wildman–Crippen MR) is 59.6 cm³/mol. The Morgan fingerprint density at radius 3 is 2.17 bits per heavy atom. The summed E-state index contributed by atoms with van der Waals surface area (Å²) in [4.78, 5) is 25.1. The van der Waals surface area contributed by atoms with Crippen LogP contribution in [0.15, 0.2) is 35.3 Å².